The lowest BCUT2D eigenvalue weighted by atomic mass is 9.87. The summed E-state index contributed by atoms with van der Waals surface area (Å²) in [6, 6.07) is 9.45. The summed E-state index contributed by atoms with van der Waals surface area (Å²) in [4.78, 5) is 0.254. The fourth-order valence-corrected chi connectivity index (χ4v) is 4.79. The van der Waals surface area contributed by atoms with Gasteiger partial charge in [0.1, 0.15) is 10.6 Å². The second-order valence-electron chi connectivity index (χ2n) is 6.37. The highest BCUT2D eigenvalue weighted by atomic mass is 32.2. The first-order valence-corrected chi connectivity index (χ1v) is 9.57. The second-order valence-corrected chi connectivity index (χ2v) is 8.05. The molecule has 1 aliphatic rings. The minimum absolute atomic E-state index is 0.0116. The van der Waals surface area contributed by atoms with E-state index in [9.17, 15) is 8.42 Å². The number of hydrogen-bond acceptors (Lipinski definition) is 3. The van der Waals surface area contributed by atoms with E-state index in [0.29, 0.717) is 11.6 Å². The van der Waals surface area contributed by atoms with Gasteiger partial charge < -0.3 is 0 Å². The van der Waals surface area contributed by atoms with Crippen molar-refractivity contribution in [1.29, 1.82) is 0 Å². The Bertz CT molecular complexity index is 768. The molecule has 3 rings (SSSR count). The first-order valence-electron chi connectivity index (χ1n) is 8.09. The number of rotatable bonds is 4. The van der Waals surface area contributed by atoms with Gasteiger partial charge in [-0.05, 0) is 18.8 Å². The molecular weight excluding hydrogens is 310 g/mol. The Balaban J connectivity index is 1.94. The molecule has 1 aromatic heterocycles. The zero-order valence-electron chi connectivity index (χ0n) is 13.6. The van der Waals surface area contributed by atoms with Crippen LogP contribution in [0.15, 0.2) is 41.4 Å². The maximum atomic E-state index is 12.9. The van der Waals surface area contributed by atoms with E-state index in [2.05, 4.69) is 16.7 Å². The van der Waals surface area contributed by atoms with Crippen molar-refractivity contribution in [2.45, 2.75) is 43.5 Å². The third-order valence-electron chi connectivity index (χ3n) is 4.55. The SMILES string of the molecule is CC1CCCCC1NS(=O)(=O)c1cn(C)nc1-c1ccccc1. The zero-order chi connectivity index (χ0) is 16.4. The molecule has 0 spiro atoms. The van der Waals surface area contributed by atoms with Crippen molar-refractivity contribution in [3.8, 4) is 11.3 Å². The molecule has 0 saturated heterocycles. The summed E-state index contributed by atoms with van der Waals surface area (Å²) in [5.74, 6) is 0.371. The monoisotopic (exact) mass is 333 g/mol. The van der Waals surface area contributed by atoms with E-state index in [0.717, 1.165) is 24.8 Å². The number of sulfonamides is 1. The number of aromatic nitrogens is 2. The zero-order valence-corrected chi connectivity index (χ0v) is 14.4. The molecule has 23 heavy (non-hydrogen) atoms. The predicted octanol–water partition coefficient (Wildman–Crippen LogP) is 2.94. The molecule has 1 saturated carbocycles. The van der Waals surface area contributed by atoms with Gasteiger partial charge in [-0.15, -0.1) is 0 Å². The maximum Gasteiger partial charge on any atom is 0.244 e. The topological polar surface area (TPSA) is 64.0 Å². The highest BCUT2D eigenvalue weighted by Gasteiger charge is 2.29. The first-order chi connectivity index (χ1) is 11.0. The third kappa shape index (κ3) is 3.48. The van der Waals surface area contributed by atoms with E-state index >= 15 is 0 Å². The standard InChI is InChI=1S/C17H23N3O2S/c1-13-8-6-7-11-15(13)19-23(21,22)16-12-20(2)18-17(16)14-9-4-3-5-10-14/h3-5,9-10,12-13,15,19H,6-8,11H2,1-2H3. The van der Waals surface area contributed by atoms with Gasteiger partial charge >= 0.3 is 0 Å². The Kier molecular flexibility index (Phi) is 4.55. The minimum atomic E-state index is -3.58. The molecule has 2 unspecified atom stereocenters. The van der Waals surface area contributed by atoms with E-state index in [-0.39, 0.29) is 10.9 Å². The van der Waals surface area contributed by atoms with Gasteiger partial charge in [0.2, 0.25) is 10.0 Å². The smallest absolute Gasteiger partial charge is 0.244 e. The van der Waals surface area contributed by atoms with Crippen LogP contribution in [0.4, 0.5) is 0 Å². The van der Waals surface area contributed by atoms with E-state index in [1.807, 2.05) is 30.3 Å². The van der Waals surface area contributed by atoms with E-state index in [4.69, 9.17) is 0 Å². The summed E-state index contributed by atoms with van der Waals surface area (Å²) in [5, 5.41) is 4.36. The Hall–Kier alpha value is -1.66. The summed E-state index contributed by atoms with van der Waals surface area (Å²) < 4.78 is 30.2. The number of nitrogens with one attached hydrogen (secondary N) is 1. The molecule has 124 valence electrons. The highest BCUT2D eigenvalue weighted by molar-refractivity contribution is 7.89. The number of aryl methyl sites for hydroxylation is 1. The molecule has 0 amide bonds. The van der Waals surface area contributed by atoms with Gasteiger partial charge in [0.15, 0.2) is 0 Å². The first kappa shape index (κ1) is 16.2. The predicted molar refractivity (Wildman–Crippen MR) is 90.4 cm³/mol. The molecule has 0 bridgehead atoms. The summed E-state index contributed by atoms with van der Waals surface area (Å²) in [7, 11) is -1.84. The molecule has 5 nitrogen and oxygen atoms in total. The van der Waals surface area contributed by atoms with Gasteiger partial charge in [0.05, 0.1) is 0 Å². The fraction of sp³-hybridized carbons (Fsp3) is 0.471. The highest BCUT2D eigenvalue weighted by Crippen LogP contribution is 2.28. The molecule has 1 fully saturated rings. The van der Waals surface area contributed by atoms with Crippen LogP contribution in [0.1, 0.15) is 32.6 Å². The molecular formula is C17H23N3O2S. The van der Waals surface area contributed by atoms with Crippen molar-refractivity contribution < 1.29 is 8.42 Å². The van der Waals surface area contributed by atoms with Gasteiger partial charge in [-0.3, -0.25) is 4.68 Å². The summed E-state index contributed by atoms with van der Waals surface area (Å²) in [6.45, 7) is 2.12. The van der Waals surface area contributed by atoms with Crippen LogP contribution in [0.3, 0.4) is 0 Å². The normalized spacial score (nSPS) is 22.2. The van der Waals surface area contributed by atoms with Gasteiger partial charge in [-0.25, -0.2) is 13.1 Å². The van der Waals surface area contributed by atoms with Crippen molar-refractivity contribution in [2.75, 3.05) is 0 Å². The Morgan fingerprint density at radius 3 is 2.57 bits per heavy atom. The Morgan fingerprint density at radius 2 is 1.87 bits per heavy atom. The van der Waals surface area contributed by atoms with Gasteiger partial charge in [0.25, 0.3) is 0 Å². The van der Waals surface area contributed by atoms with Gasteiger partial charge in [0, 0.05) is 24.8 Å². The lowest BCUT2D eigenvalue weighted by molar-refractivity contribution is 0.310. The lowest BCUT2D eigenvalue weighted by Crippen LogP contribution is -2.41. The third-order valence-corrected chi connectivity index (χ3v) is 6.04. The summed E-state index contributed by atoms with van der Waals surface area (Å²) in [6.07, 6.45) is 5.82. The molecule has 0 radical (unpaired) electrons. The Morgan fingerprint density at radius 1 is 1.17 bits per heavy atom. The summed E-state index contributed by atoms with van der Waals surface area (Å²) >= 11 is 0. The molecule has 1 aliphatic carbocycles. The maximum absolute atomic E-state index is 12.9. The average Bonchev–Trinajstić information content (AvgIpc) is 2.93. The van der Waals surface area contributed by atoms with Crippen molar-refractivity contribution in [3.63, 3.8) is 0 Å². The lowest BCUT2D eigenvalue weighted by Gasteiger charge is -2.29. The molecule has 2 atom stereocenters. The number of nitrogens with zero attached hydrogens (tertiary/aromatic N) is 2. The van der Waals surface area contributed by atoms with Crippen LogP contribution in [0.5, 0.6) is 0 Å². The Labute approximate surface area is 137 Å². The fourth-order valence-electron chi connectivity index (χ4n) is 3.21. The van der Waals surface area contributed by atoms with Crippen LogP contribution in [-0.4, -0.2) is 24.2 Å². The molecule has 1 aromatic carbocycles. The number of hydrogen-bond donors (Lipinski definition) is 1. The van der Waals surface area contributed by atoms with Gasteiger partial charge in [-0.2, -0.15) is 5.10 Å². The van der Waals surface area contributed by atoms with Crippen molar-refractivity contribution >= 4 is 10.0 Å². The largest absolute Gasteiger partial charge is 0.274 e. The number of benzene rings is 1. The van der Waals surface area contributed by atoms with Crippen LogP contribution in [-0.2, 0) is 17.1 Å². The van der Waals surface area contributed by atoms with E-state index in [1.54, 1.807) is 17.9 Å². The molecule has 6 heteroatoms. The van der Waals surface area contributed by atoms with Crippen molar-refractivity contribution in [1.82, 2.24) is 14.5 Å². The minimum Gasteiger partial charge on any atom is -0.274 e. The van der Waals surface area contributed by atoms with Crippen LogP contribution in [0.2, 0.25) is 0 Å². The van der Waals surface area contributed by atoms with E-state index in [1.165, 1.54) is 6.42 Å². The van der Waals surface area contributed by atoms with Crippen LogP contribution in [0, 0.1) is 5.92 Å². The summed E-state index contributed by atoms with van der Waals surface area (Å²) in [5.41, 5.74) is 1.31. The quantitative estimate of drug-likeness (QED) is 0.935. The molecule has 1 N–H and O–H groups in total. The van der Waals surface area contributed by atoms with Crippen molar-refractivity contribution in [2.24, 2.45) is 13.0 Å². The molecule has 1 heterocycles. The van der Waals surface area contributed by atoms with E-state index < -0.39 is 10.0 Å². The average molecular weight is 333 g/mol. The van der Waals surface area contributed by atoms with Gasteiger partial charge in [-0.1, -0.05) is 50.1 Å². The van der Waals surface area contributed by atoms with Crippen molar-refractivity contribution in [3.05, 3.63) is 36.5 Å². The van der Waals surface area contributed by atoms with Crippen LogP contribution < -0.4 is 4.72 Å². The second kappa shape index (κ2) is 6.45. The molecule has 0 aliphatic heterocycles. The molecule has 2 aromatic rings. The van der Waals surface area contributed by atoms with Crippen LogP contribution in [0.25, 0.3) is 11.3 Å². The van der Waals surface area contributed by atoms with Crippen LogP contribution >= 0.6 is 0 Å².